The molecule has 6 nitrogen and oxygen atoms in total. The summed E-state index contributed by atoms with van der Waals surface area (Å²) in [6, 6.07) is -0.550. The fourth-order valence-corrected chi connectivity index (χ4v) is 8.63. The Kier molecular flexibility index (Phi) is 51.6. The Labute approximate surface area is 392 Å². The molecule has 0 aliphatic rings. The van der Waals surface area contributed by atoms with Crippen LogP contribution in [0.3, 0.4) is 0 Å². The Bertz CT molecular complexity index is 982. The van der Waals surface area contributed by atoms with E-state index in [2.05, 4.69) is 43.5 Å². The van der Waals surface area contributed by atoms with Gasteiger partial charge in [-0.05, 0) is 77.0 Å². The fourth-order valence-electron chi connectivity index (χ4n) is 8.63. The van der Waals surface area contributed by atoms with Gasteiger partial charge in [0.05, 0.1) is 25.4 Å². The highest BCUT2D eigenvalue weighted by molar-refractivity contribution is 5.76. The first kappa shape index (κ1) is 61.3. The normalized spacial score (nSPS) is 12.8. The minimum Gasteiger partial charge on any atom is -0.466 e. The first-order valence-electron chi connectivity index (χ1n) is 28.1. The molecule has 0 aromatic carbocycles. The van der Waals surface area contributed by atoms with Gasteiger partial charge >= 0.3 is 5.97 Å². The summed E-state index contributed by atoms with van der Waals surface area (Å²) < 4.78 is 5.46. The minimum absolute atomic E-state index is 0.00964. The monoisotopic (exact) mass is 888 g/mol. The molecular weight excluding hydrogens is 779 g/mol. The highest BCUT2D eigenvalue weighted by Gasteiger charge is 2.20. The van der Waals surface area contributed by atoms with Crippen molar-refractivity contribution in [3.8, 4) is 0 Å². The van der Waals surface area contributed by atoms with Crippen molar-refractivity contribution < 1.29 is 24.5 Å². The van der Waals surface area contributed by atoms with Crippen molar-refractivity contribution in [3.05, 3.63) is 24.3 Å². The first-order chi connectivity index (χ1) is 31.0. The molecule has 0 rings (SSSR count). The molecule has 0 aromatic rings. The second kappa shape index (κ2) is 53.0. The Morgan fingerprint density at radius 1 is 0.429 bits per heavy atom. The Hall–Kier alpha value is -1.66. The van der Waals surface area contributed by atoms with E-state index >= 15 is 0 Å². The number of amides is 1. The van der Waals surface area contributed by atoms with Crippen LogP contribution in [-0.2, 0) is 14.3 Å². The van der Waals surface area contributed by atoms with Gasteiger partial charge < -0.3 is 20.3 Å². The zero-order valence-corrected chi connectivity index (χ0v) is 42.3. The van der Waals surface area contributed by atoms with Gasteiger partial charge in [0.25, 0.3) is 0 Å². The summed E-state index contributed by atoms with van der Waals surface area (Å²) >= 11 is 0. The van der Waals surface area contributed by atoms with E-state index < -0.39 is 12.1 Å². The summed E-state index contributed by atoms with van der Waals surface area (Å²) in [4.78, 5) is 24.5. The van der Waals surface area contributed by atoms with Crippen LogP contribution in [0.15, 0.2) is 24.3 Å². The number of hydrogen-bond acceptors (Lipinski definition) is 5. The largest absolute Gasteiger partial charge is 0.466 e. The Morgan fingerprint density at radius 3 is 1.13 bits per heavy atom. The van der Waals surface area contributed by atoms with Crippen molar-refractivity contribution in [1.29, 1.82) is 0 Å². The van der Waals surface area contributed by atoms with Crippen molar-refractivity contribution in [3.63, 3.8) is 0 Å². The molecule has 0 spiro atoms. The summed E-state index contributed by atoms with van der Waals surface area (Å²) in [6.07, 6.45) is 63.0. The van der Waals surface area contributed by atoms with Crippen LogP contribution in [0.5, 0.6) is 0 Å². The third-order valence-electron chi connectivity index (χ3n) is 13.0. The van der Waals surface area contributed by atoms with Crippen molar-refractivity contribution in [2.24, 2.45) is 0 Å². The van der Waals surface area contributed by atoms with E-state index in [1.54, 1.807) is 0 Å². The van der Waals surface area contributed by atoms with Gasteiger partial charge in [-0.15, -0.1) is 0 Å². The van der Waals surface area contributed by atoms with Crippen LogP contribution in [0.4, 0.5) is 0 Å². The lowest BCUT2D eigenvalue weighted by Gasteiger charge is -2.22. The average Bonchev–Trinajstić information content (AvgIpc) is 3.28. The van der Waals surface area contributed by atoms with E-state index in [0.717, 1.165) is 57.8 Å². The molecule has 0 aromatic heterocycles. The van der Waals surface area contributed by atoms with E-state index in [-0.39, 0.29) is 18.5 Å². The zero-order valence-electron chi connectivity index (χ0n) is 42.3. The molecular formula is C57H109NO5. The molecule has 0 saturated heterocycles. The van der Waals surface area contributed by atoms with Crippen LogP contribution >= 0.6 is 0 Å². The summed E-state index contributed by atoms with van der Waals surface area (Å²) in [7, 11) is 0. The first-order valence-corrected chi connectivity index (χ1v) is 28.1. The van der Waals surface area contributed by atoms with Crippen LogP contribution in [0.1, 0.15) is 303 Å². The van der Waals surface area contributed by atoms with E-state index in [1.807, 2.05) is 0 Å². The maximum atomic E-state index is 12.5. The third kappa shape index (κ3) is 49.6. The van der Waals surface area contributed by atoms with E-state index in [0.29, 0.717) is 25.9 Å². The molecule has 2 unspecified atom stereocenters. The second-order valence-corrected chi connectivity index (χ2v) is 19.3. The molecule has 372 valence electrons. The number of ether oxygens (including phenoxy) is 1. The average molecular weight is 889 g/mol. The van der Waals surface area contributed by atoms with E-state index in [9.17, 15) is 19.8 Å². The third-order valence-corrected chi connectivity index (χ3v) is 13.0. The molecule has 0 saturated carbocycles. The SMILES string of the molecule is CCCCCCCC/C=C\CCCCCCCC(=O)OCCCCCCCC/C=C\CCCCCCCCCC(=O)NC(CO)C(O)CCCCCCCCCCCCCCCC. The van der Waals surface area contributed by atoms with Crippen LogP contribution in [0.25, 0.3) is 0 Å². The molecule has 0 radical (unpaired) electrons. The lowest BCUT2D eigenvalue weighted by molar-refractivity contribution is -0.143. The maximum absolute atomic E-state index is 12.5. The van der Waals surface area contributed by atoms with Crippen molar-refractivity contribution in [2.45, 2.75) is 315 Å². The van der Waals surface area contributed by atoms with Crippen LogP contribution in [0.2, 0.25) is 0 Å². The molecule has 63 heavy (non-hydrogen) atoms. The number of aliphatic hydroxyl groups excluding tert-OH is 2. The number of aliphatic hydroxyl groups is 2. The zero-order chi connectivity index (χ0) is 45.8. The van der Waals surface area contributed by atoms with Gasteiger partial charge in [0.15, 0.2) is 0 Å². The molecule has 0 aliphatic carbocycles. The highest BCUT2D eigenvalue weighted by atomic mass is 16.5. The second-order valence-electron chi connectivity index (χ2n) is 19.3. The van der Waals surface area contributed by atoms with Gasteiger partial charge in [-0.2, -0.15) is 0 Å². The maximum Gasteiger partial charge on any atom is 0.305 e. The van der Waals surface area contributed by atoms with Crippen molar-refractivity contribution in [2.75, 3.05) is 13.2 Å². The molecule has 0 heterocycles. The van der Waals surface area contributed by atoms with Crippen LogP contribution < -0.4 is 5.32 Å². The molecule has 1 amide bonds. The Morgan fingerprint density at radius 2 is 0.746 bits per heavy atom. The smallest absolute Gasteiger partial charge is 0.305 e. The standard InChI is InChI=1S/C57H109NO5/c1-3-5-7-9-11-13-15-17-22-27-31-35-39-43-47-51-57(62)63-52-48-44-40-36-32-28-24-21-19-20-23-26-30-34-38-42-46-50-56(61)58-54(53-59)55(60)49-45-41-37-33-29-25-18-16-14-12-10-8-6-4-2/h17,19,21-22,54-55,59-60H,3-16,18,20,23-53H2,1-2H3,(H,58,61)/b21-19-,22-17-. The number of rotatable bonds is 52. The van der Waals surface area contributed by atoms with E-state index in [1.165, 1.54) is 212 Å². The summed E-state index contributed by atoms with van der Waals surface area (Å²) in [5.74, 6) is -0.0562. The fraction of sp³-hybridized carbons (Fsp3) is 0.895. The van der Waals surface area contributed by atoms with Gasteiger partial charge in [-0.1, -0.05) is 237 Å². The van der Waals surface area contributed by atoms with Gasteiger partial charge in [0, 0.05) is 12.8 Å². The van der Waals surface area contributed by atoms with Gasteiger partial charge in [0.2, 0.25) is 5.91 Å². The predicted octanol–water partition coefficient (Wildman–Crippen LogP) is 17.1. The number of nitrogens with one attached hydrogen (secondary N) is 1. The van der Waals surface area contributed by atoms with Crippen molar-refractivity contribution >= 4 is 11.9 Å². The summed E-state index contributed by atoms with van der Waals surface area (Å²) in [5.41, 5.74) is 0. The molecule has 3 N–H and O–H groups in total. The lowest BCUT2D eigenvalue weighted by Crippen LogP contribution is -2.45. The van der Waals surface area contributed by atoms with Gasteiger partial charge in [-0.25, -0.2) is 0 Å². The predicted molar refractivity (Wildman–Crippen MR) is 273 cm³/mol. The lowest BCUT2D eigenvalue weighted by atomic mass is 10.0. The number of unbranched alkanes of at least 4 members (excludes halogenated alkanes) is 37. The molecule has 6 heteroatoms. The Balaban J connectivity index is 3.45. The van der Waals surface area contributed by atoms with Crippen LogP contribution in [0, 0.1) is 0 Å². The minimum atomic E-state index is -0.671. The molecule has 2 atom stereocenters. The van der Waals surface area contributed by atoms with E-state index in [4.69, 9.17) is 4.74 Å². The number of carbonyl (C=O) groups is 2. The van der Waals surface area contributed by atoms with Crippen molar-refractivity contribution in [1.82, 2.24) is 5.32 Å². The topological polar surface area (TPSA) is 95.9 Å². The quantitative estimate of drug-likeness (QED) is 0.0321. The number of allylic oxidation sites excluding steroid dienone is 4. The molecule has 0 bridgehead atoms. The molecule has 0 fully saturated rings. The number of carbonyl (C=O) groups excluding carboxylic acids is 2. The van der Waals surface area contributed by atoms with Gasteiger partial charge in [-0.3, -0.25) is 9.59 Å². The van der Waals surface area contributed by atoms with Crippen LogP contribution in [-0.4, -0.2) is 47.4 Å². The molecule has 0 aliphatic heterocycles. The number of esters is 1. The highest BCUT2D eigenvalue weighted by Crippen LogP contribution is 2.16. The summed E-state index contributed by atoms with van der Waals surface area (Å²) in [5, 5.41) is 23.2. The van der Waals surface area contributed by atoms with Gasteiger partial charge in [0.1, 0.15) is 0 Å². The number of hydrogen-bond donors (Lipinski definition) is 3. The summed E-state index contributed by atoms with van der Waals surface area (Å²) in [6.45, 7) is 4.93.